The number of fused-ring (bicyclic) bond motifs is 1. The summed E-state index contributed by atoms with van der Waals surface area (Å²) >= 11 is 0. The number of amides is 1. The van der Waals surface area contributed by atoms with Gasteiger partial charge < -0.3 is 24.1 Å². The average molecular weight is 368 g/mol. The van der Waals surface area contributed by atoms with Crippen molar-refractivity contribution in [1.82, 2.24) is 19.6 Å². The Morgan fingerprint density at radius 3 is 2.44 bits per heavy atom. The largest absolute Gasteiger partial charge is 0.496 e. The Morgan fingerprint density at radius 2 is 1.81 bits per heavy atom. The van der Waals surface area contributed by atoms with Crippen LogP contribution in [0.5, 0.6) is 11.5 Å². The lowest BCUT2D eigenvalue weighted by Crippen LogP contribution is -2.31. The summed E-state index contributed by atoms with van der Waals surface area (Å²) in [6.45, 7) is 1.35. The predicted molar refractivity (Wildman–Crippen MR) is 105 cm³/mol. The number of benzene rings is 1. The van der Waals surface area contributed by atoms with E-state index in [-0.39, 0.29) is 5.91 Å². The van der Waals surface area contributed by atoms with E-state index in [0.717, 1.165) is 29.2 Å². The van der Waals surface area contributed by atoms with Gasteiger partial charge in [-0.05, 0) is 38.4 Å². The SMILES string of the molecule is COc1cccc(OC)c1-c1ccc2nc(C(=O)NCCN(C)C)cn2c1. The summed E-state index contributed by atoms with van der Waals surface area (Å²) in [5.41, 5.74) is 2.85. The Balaban J connectivity index is 1.92. The van der Waals surface area contributed by atoms with Crippen LogP contribution in [-0.2, 0) is 0 Å². The summed E-state index contributed by atoms with van der Waals surface area (Å²) < 4.78 is 12.8. The zero-order valence-corrected chi connectivity index (χ0v) is 16.0. The first kappa shape index (κ1) is 18.7. The van der Waals surface area contributed by atoms with Crippen LogP contribution < -0.4 is 14.8 Å². The summed E-state index contributed by atoms with van der Waals surface area (Å²) in [5.74, 6) is 1.25. The van der Waals surface area contributed by atoms with Crippen molar-refractivity contribution in [2.75, 3.05) is 41.4 Å². The molecule has 0 fully saturated rings. The van der Waals surface area contributed by atoms with Crippen LogP contribution in [0, 0.1) is 0 Å². The van der Waals surface area contributed by atoms with E-state index >= 15 is 0 Å². The fraction of sp³-hybridized carbons (Fsp3) is 0.300. The molecule has 1 aromatic carbocycles. The lowest BCUT2D eigenvalue weighted by Gasteiger charge is -2.13. The maximum Gasteiger partial charge on any atom is 0.271 e. The Morgan fingerprint density at radius 1 is 1.11 bits per heavy atom. The van der Waals surface area contributed by atoms with E-state index in [1.165, 1.54) is 0 Å². The van der Waals surface area contributed by atoms with Gasteiger partial charge in [0.15, 0.2) is 0 Å². The van der Waals surface area contributed by atoms with E-state index in [9.17, 15) is 4.79 Å². The van der Waals surface area contributed by atoms with Gasteiger partial charge in [0.1, 0.15) is 22.8 Å². The highest BCUT2D eigenvalue weighted by molar-refractivity contribution is 5.93. The Kier molecular flexibility index (Phi) is 5.61. The second-order valence-corrected chi connectivity index (χ2v) is 6.41. The Labute approximate surface area is 158 Å². The number of imidazole rings is 1. The minimum atomic E-state index is -0.183. The van der Waals surface area contributed by atoms with Gasteiger partial charge in [0.25, 0.3) is 5.91 Å². The molecule has 0 atom stereocenters. The van der Waals surface area contributed by atoms with Gasteiger partial charge in [-0.25, -0.2) is 4.98 Å². The maximum atomic E-state index is 12.3. The van der Waals surface area contributed by atoms with Crippen LogP contribution in [-0.4, -0.2) is 61.6 Å². The van der Waals surface area contributed by atoms with E-state index in [0.29, 0.717) is 17.9 Å². The molecule has 142 valence electrons. The van der Waals surface area contributed by atoms with Crippen molar-refractivity contribution >= 4 is 11.6 Å². The van der Waals surface area contributed by atoms with E-state index in [1.54, 1.807) is 20.4 Å². The van der Waals surface area contributed by atoms with Gasteiger partial charge in [-0.3, -0.25) is 4.79 Å². The lowest BCUT2D eigenvalue weighted by atomic mass is 10.1. The molecule has 0 aliphatic heterocycles. The maximum absolute atomic E-state index is 12.3. The van der Waals surface area contributed by atoms with E-state index in [2.05, 4.69) is 10.3 Å². The molecule has 0 aliphatic carbocycles. The number of nitrogens with one attached hydrogen (secondary N) is 1. The van der Waals surface area contributed by atoms with Crippen LogP contribution in [0.2, 0.25) is 0 Å². The van der Waals surface area contributed by atoms with Crippen molar-refractivity contribution in [1.29, 1.82) is 0 Å². The zero-order valence-electron chi connectivity index (χ0n) is 16.0. The van der Waals surface area contributed by atoms with Gasteiger partial charge in [0.05, 0.1) is 19.8 Å². The first-order chi connectivity index (χ1) is 13.0. The van der Waals surface area contributed by atoms with Crippen LogP contribution >= 0.6 is 0 Å². The topological polar surface area (TPSA) is 68.1 Å². The molecule has 1 N–H and O–H groups in total. The fourth-order valence-corrected chi connectivity index (χ4v) is 2.87. The third kappa shape index (κ3) is 4.03. The second kappa shape index (κ2) is 8.09. The van der Waals surface area contributed by atoms with Crippen molar-refractivity contribution < 1.29 is 14.3 Å². The fourth-order valence-electron chi connectivity index (χ4n) is 2.87. The van der Waals surface area contributed by atoms with Crippen LogP contribution in [0.4, 0.5) is 0 Å². The summed E-state index contributed by atoms with van der Waals surface area (Å²) in [5, 5.41) is 2.88. The summed E-state index contributed by atoms with van der Waals surface area (Å²) in [4.78, 5) is 18.7. The summed E-state index contributed by atoms with van der Waals surface area (Å²) in [7, 11) is 7.18. The molecule has 7 nitrogen and oxygen atoms in total. The lowest BCUT2D eigenvalue weighted by molar-refractivity contribution is 0.0946. The van der Waals surface area contributed by atoms with Gasteiger partial charge in [0.2, 0.25) is 0 Å². The highest BCUT2D eigenvalue weighted by Crippen LogP contribution is 2.38. The number of aromatic nitrogens is 2. The first-order valence-electron chi connectivity index (χ1n) is 8.66. The quantitative estimate of drug-likeness (QED) is 0.693. The highest BCUT2D eigenvalue weighted by Gasteiger charge is 2.15. The number of carbonyl (C=O) groups excluding carboxylic acids is 1. The van der Waals surface area contributed by atoms with E-state index in [1.807, 2.05) is 59.9 Å². The van der Waals surface area contributed by atoms with Crippen LogP contribution in [0.3, 0.4) is 0 Å². The molecule has 3 rings (SSSR count). The molecule has 2 heterocycles. The van der Waals surface area contributed by atoms with E-state index < -0.39 is 0 Å². The molecular weight excluding hydrogens is 344 g/mol. The Hall–Kier alpha value is -3.06. The molecule has 0 saturated carbocycles. The number of carbonyl (C=O) groups is 1. The van der Waals surface area contributed by atoms with Crippen LogP contribution in [0.1, 0.15) is 10.5 Å². The van der Waals surface area contributed by atoms with Gasteiger partial charge in [-0.1, -0.05) is 6.07 Å². The predicted octanol–water partition coefficient (Wildman–Crippen LogP) is 2.31. The number of hydrogen-bond acceptors (Lipinski definition) is 5. The number of likely N-dealkylation sites (N-methyl/N-ethyl adjacent to an activating group) is 1. The molecular formula is C20H24N4O3. The van der Waals surface area contributed by atoms with Crippen molar-refractivity contribution in [3.05, 3.63) is 48.4 Å². The summed E-state index contributed by atoms with van der Waals surface area (Å²) in [6.07, 6.45) is 3.64. The van der Waals surface area contributed by atoms with Crippen LogP contribution in [0.25, 0.3) is 16.8 Å². The van der Waals surface area contributed by atoms with Crippen molar-refractivity contribution in [3.8, 4) is 22.6 Å². The number of hydrogen-bond donors (Lipinski definition) is 1. The van der Waals surface area contributed by atoms with Gasteiger partial charge in [0, 0.05) is 31.0 Å². The second-order valence-electron chi connectivity index (χ2n) is 6.41. The smallest absolute Gasteiger partial charge is 0.271 e. The van der Waals surface area contributed by atoms with Crippen molar-refractivity contribution in [2.24, 2.45) is 0 Å². The summed E-state index contributed by atoms with van der Waals surface area (Å²) in [6, 6.07) is 9.47. The number of ether oxygens (including phenoxy) is 2. The molecule has 2 aromatic heterocycles. The third-order valence-corrected chi connectivity index (χ3v) is 4.24. The van der Waals surface area contributed by atoms with Crippen LogP contribution in [0.15, 0.2) is 42.7 Å². The molecule has 0 unspecified atom stereocenters. The third-order valence-electron chi connectivity index (χ3n) is 4.24. The number of rotatable bonds is 7. The van der Waals surface area contributed by atoms with Crippen molar-refractivity contribution in [3.63, 3.8) is 0 Å². The van der Waals surface area contributed by atoms with E-state index in [4.69, 9.17) is 9.47 Å². The number of pyridine rings is 1. The highest BCUT2D eigenvalue weighted by atomic mass is 16.5. The zero-order chi connectivity index (χ0) is 19.4. The molecule has 7 heteroatoms. The number of nitrogens with zero attached hydrogens (tertiary/aromatic N) is 3. The minimum Gasteiger partial charge on any atom is -0.496 e. The normalized spacial score (nSPS) is 11.0. The molecule has 0 saturated heterocycles. The van der Waals surface area contributed by atoms with Gasteiger partial charge in [-0.2, -0.15) is 0 Å². The average Bonchev–Trinajstić information content (AvgIpc) is 3.10. The van der Waals surface area contributed by atoms with Gasteiger partial charge in [-0.15, -0.1) is 0 Å². The molecule has 0 spiro atoms. The molecule has 27 heavy (non-hydrogen) atoms. The molecule has 0 aliphatic rings. The minimum absolute atomic E-state index is 0.183. The van der Waals surface area contributed by atoms with Gasteiger partial charge >= 0.3 is 0 Å². The molecule has 0 radical (unpaired) electrons. The van der Waals surface area contributed by atoms with Crippen molar-refractivity contribution in [2.45, 2.75) is 0 Å². The standard InChI is InChI=1S/C20H24N4O3/c1-23(2)11-10-21-20(25)15-13-24-12-14(8-9-18(24)22-15)19-16(26-3)6-5-7-17(19)27-4/h5-9,12-13H,10-11H2,1-4H3,(H,21,25). The number of methoxy groups -OCH3 is 2. The monoisotopic (exact) mass is 368 g/mol. The molecule has 1 amide bonds. The Bertz CT molecular complexity index is 927. The molecule has 0 bridgehead atoms. The molecule has 3 aromatic rings. The first-order valence-corrected chi connectivity index (χ1v) is 8.66.